The molecule has 0 heterocycles. The Bertz CT molecular complexity index is 1020. The first-order valence-corrected chi connectivity index (χ1v) is 21.2. The van der Waals surface area contributed by atoms with Crippen molar-refractivity contribution in [3.63, 3.8) is 0 Å². The zero-order chi connectivity index (χ0) is 41.7. The molecule has 0 spiro atoms. The number of rotatable bonds is 46. The Balaban J connectivity index is 1.67. The largest absolute Gasteiger partial charge is 0.463 e. The lowest BCUT2D eigenvalue weighted by atomic mass is 10.2. The Hall–Kier alpha value is -2.48. The average molecular weight is 834 g/mol. The van der Waals surface area contributed by atoms with Gasteiger partial charge in [0, 0.05) is 18.7 Å². The molecule has 0 bridgehead atoms. The van der Waals surface area contributed by atoms with E-state index in [9.17, 15) is 9.59 Å². The standard InChI is InChI=1S/C42H75NO15/c1-3-5-7-8-9-41(44)57-37-35-55-33-31-53-29-27-51-25-23-49-21-19-47-17-15-46-16-18-48-20-22-50-24-26-52-28-30-54-32-34-56-36-38-58-42(45)39-10-12-40(13-11-39)43-14-6-4-2/h10-13,43H,3-9,14-38H2,1-2H3. The maximum absolute atomic E-state index is 12.1. The second-order valence-electron chi connectivity index (χ2n) is 12.8. The van der Waals surface area contributed by atoms with Crippen LogP contribution in [0, 0.1) is 0 Å². The van der Waals surface area contributed by atoms with Crippen LogP contribution in [0.2, 0.25) is 0 Å². The van der Waals surface area contributed by atoms with Gasteiger partial charge >= 0.3 is 11.9 Å². The van der Waals surface area contributed by atoms with E-state index in [2.05, 4.69) is 19.2 Å². The number of carbonyl (C=O) groups is 2. The van der Waals surface area contributed by atoms with Gasteiger partial charge in [-0.25, -0.2) is 4.79 Å². The second-order valence-corrected chi connectivity index (χ2v) is 12.8. The number of anilines is 1. The lowest BCUT2D eigenvalue weighted by Crippen LogP contribution is -2.16. The molecule has 0 amide bonds. The number of hydrogen-bond acceptors (Lipinski definition) is 16. The fraction of sp³-hybridized carbons (Fsp3) is 0.810. The van der Waals surface area contributed by atoms with Gasteiger partial charge in [-0.05, 0) is 37.1 Å². The molecule has 0 aliphatic heterocycles. The Morgan fingerprint density at radius 3 is 1.07 bits per heavy atom. The summed E-state index contributed by atoms with van der Waals surface area (Å²) in [5, 5.41) is 3.32. The van der Waals surface area contributed by atoms with E-state index >= 15 is 0 Å². The minimum atomic E-state index is -0.365. The predicted octanol–water partition coefficient (Wildman–Crippen LogP) is 4.75. The molecule has 0 radical (unpaired) electrons. The zero-order valence-corrected chi connectivity index (χ0v) is 35.6. The summed E-state index contributed by atoms with van der Waals surface area (Å²) in [5.74, 6) is -0.522. The maximum Gasteiger partial charge on any atom is 0.338 e. The van der Waals surface area contributed by atoms with Crippen molar-refractivity contribution < 1.29 is 71.2 Å². The molecule has 16 heteroatoms. The summed E-state index contributed by atoms with van der Waals surface area (Å²) in [4.78, 5) is 23.7. The summed E-state index contributed by atoms with van der Waals surface area (Å²) in [5.41, 5.74) is 1.51. The van der Waals surface area contributed by atoms with Crippen molar-refractivity contribution in [1.29, 1.82) is 0 Å². The van der Waals surface area contributed by atoms with Crippen molar-refractivity contribution in [1.82, 2.24) is 0 Å². The number of benzene rings is 1. The van der Waals surface area contributed by atoms with E-state index < -0.39 is 0 Å². The first-order chi connectivity index (χ1) is 28.7. The van der Waals surface area contributed by atoms with Crippen molar-refractivity contribution in [2.75, 3.05) is 170 Å². The SMILES string of the molecule is CCCCCCC(=O)OCCOCCOCCOCCOCCOCCOCCOCCOCCOCCOCCOCCOC(=O)c1ccc(NCCCC)cc1. The van der Waals surface area contributed by atoms with Crippen LogP contribution < -0.4 is 5.32 Å². The van der Waals surface area contributed by atoms with Crippen LogP contribution >= 0.6 is 0 Å². The molecule has 0 aliphatic rings. The maximum atomic E-state index is 12.1. The highest BCUT2D eigenvalue weighted by molar-refractivity contribution is 5.89. The first-order valence-electron chi connectivity index (χ1n) is 21.2. The monoisotopic (exact) mass is 834 g/mol. The molecule has 58 heavy (non-hydrogen) atoms. The smallest absolute Gasteiger partial charge is 0.338 e. The van der Waals surface area contributed by atoms with Gasteiger partial charge in [0.05, 0.1) is 151 Å². The fourth-order valence-electron chi connectivity index (χ4n) is 4.69. The summed E-state index contributed by atoms with van der Waals surface area (Å²) in [6, 6.07) is 7.28. The number of esters is 2. The van der Waals surface area contributed by atoms with Crippen LogP contribution in [0.4, 0.5) is 5.69 Å². The molecule has 1 rings (SSSR count). The van der Waals surface area contributed by atoms with Crippen molar-refractivity contribution in [2.45, 2.75) is 58.8 Å². The number of ether oxygens (including phenoxy) is 13. The zero-order valence-electron chi connectivity index (χ0n) is 35.6. The van der Waals surface area contributed by atoms with E-state index in [1.165, 1.54) is 0 Å². The molecule has 16 nitrogen and oxygen atoms in total. The van der Waals surface area contributed by atoms with Gasteiger partial charge in [-0.3, -0.25) is 4.79 Å². The molecular formula is C42H75NO15. The van der Waals surface area contributed by atoms with Crippen LogP contribution in [0.5, 0.6) is 0 Å². The molecular weight excluding hydrogens is 758 g/mol. The lowest BCUT2D eigenvalue weighted by molar-refractivity contribution is -0.145. The molecule has 0 saturated heterocycles. The van der Waals surface area contributed by atoms with E-state index in [0.717, 1.165) is 50.8 Å². The van der Waals surface area contributed by atoms with Gasteiger partial charge < -0.3 is 66.9 Å². The van der Waals surface area contributed by atoms with Gasteiger partial charge in [0.1, 0.15) is 13.2 Å². The number of nitrogens with one attached hydrogen (secondary N) is 1. The van der Waals surface area contributed by atoms with Gasteiger partial charge in [0.25, 0.3) is 0 Å². The Morgan fingerprint density at radius 1 is 0.397 bits per heavy atom. The number of unbranched alkanes of at least 4 members (excludes halogenated alkanes) is 4. The molecule has 0 unspecified atom stereocenters. The fourth-order valence-corrected chi connectivity index (χ4v) is 4.69. The van der Waals surface area contributed by atoms with E-state index in [0.29, 0.717) is 157 Å². The van der Waals surface area contributed by atoms with Gasteiger partial charge in [0.2, 0.25) is 0 Å². The molecule has 338 valence electrons. The van der Waals surface area contributed by atoms with Crippen molar-refractivity contribution >= 4 is 17.6 Å². The third kappa shape index (κ3) is 37.8. The van der Waals surface area contributed by atoms with Gasteiger partial charge in [0.15, 0.2) is 0 Å². The Kier molecular flexibility index (Phi) is 40.7. The van der Waals surface area contributed by atoms with Crippen LogP contribution in [0.1, 0.15) is 69.2 Å². The Morgan fingerprint density at radius 2 is 0.724 bits per heavy atom. The normalized spacial score (nSPS) is 11.3. The van der Waals surface area contributed by atoms with Gasteiger partial charge in [-0.2, -0.15) is 0 Å². The molecule has 1 aromatic carbocycles. The lowest BCUT2D eigenvalue weighted by Gasteiger charge is -2.09. The topological polar surface area (TPSA) is 166 Å². The van der Waals surface area contributed by atoms with Crippen molar-refractivity contribution in [3.05, 3.63) is 29.8 Å². The summed E-state index contributed by atoms with van der Waals surface area (Å²) in [6.45, 7) is 15.8. The predicted molar refractivity (Wildman–Crippen MR) is 219 cm³/mol. The molecule has 0 aliphatic carbocycles. The summed E-state index contributed by atoms with van der Waals surface area (Å²) in [7, 11) is 0. The molecule has 0 fully saturated rings. The molecule has 0 saturated carbocycles. The number of hydrogen-bond donors (Lipinski definition) is 1. The molecule has 0 aromatic heterocycles. The third-order valence-electron chi connectivity index (χ3n) is 7.89. The van der Waals surface area contributed by atoms with Crippen LogP contribution in [-0.2, 0) is 66.4 Å². The highest BCUT2D eigenvalue weighted by Crippen LogP contribution is 2.11. The van der Waals surface area contributed by atoms with Gasteiger partial charge in [-0.1, -0.05) is 39.5 Å². The van der Waals surface area contributed by atoms with E-state index in [4.69, 9.17) is 61.6 Å². The van der Waals surface area contributed by atoms with Crippen LogP contribution in [0.15, 0.2) is 24.3 Å². The van der Waals surface area contributed by atoms with Crippen molar-refractivity contribution in [2.24, 2.45) is 0 Å². The van der Waals surface area contributed by atoms with Crippen LogP contribution in [0.25, 0.3) is 0 Å². The molecule has 1 aromatic rings. The van der Waals surface area contributed by atoms with Crippen molar-refractivity contribution in [3.8, 4) is 0 Å². The van der Waals surface area contributed by atoms with Gasteiger partial charge in [-0.15, -0.1) is 0 Å². The van der Waals surface area contributed by atoms with Crippen LogP contribution in [0.3, 0.4) is 0 Å². The quantitative estimate of drug-likeness (QED) is 0.0706. The van der Waals surface area contributed by atoms with E-state index in [1.807, 2.05) is 12.1 Å². The highest BCUT2D eigenvalue weighted by atomic mass is 16.6. The first kappa shape index (κ1) is 53.5. The highest BCUT2D eigenvalue weighted by Gasteiger charge is 2.07. The van der Waals surface area contributed by atoms with Crippen LogP contribution in [-0.4, -0.2) is 177 Å². The third-order valence-corrected chi connectivity index (χ3v) is 7.89. The summed E-state index contributed by atoms with van der Waals surface area (Å²) < 4.78 is 70.6. The minimum Gasteiger partial charge on any atom is -0.463 e. The summed E-state index contributed by atoms with van der Waals surface area (Å²) in [6.07, 6.45) is 6.97. The van der Waals surface area contributed by atoms with E-state index in [1.54, 1.807) is 12.1 Å². The summed E-state index contributed by atoms with van der Waals surface area (Å²) >= 11 is 0. The number of carbonyl (C=O) groups excluding carboxylic acids is 2. The molecule has 0 atom stereocenters. The minimum absolute atomic E-state index is 0.157. The Labute approximate surface area is 347 Å². The second kappa shape index (κ2) is 44.1. The average Bonchev–Trinajstić information content (AvgIpc) is 3.23. The molecule has 1 N–H and O–H groups in total. The van der Waals surface area contributed by atoms with E-state index in [-0.39, 0.29) is 25.2 Å².